The Balaban J connectivity index is 1.65. The van der Waals surface area contributed by atoms with Crippen molar-refractivity contribution >= 4 is 0 Å². The maximum atomic E-state index is 5.53. The molecule has 0 bridgehead atoms. The molecule has 0 spiro atoms. The highest BCUT2D eigenvalue weighted by Crippen LogP contribution is 2.10. The van der Waals surface area contributed by atoms with E-state index in [1.807, 2.05) is 0 Å². The number of nitrogens with two attached hydrogens (primary N) is 1. The minimum Gasteiger partial charge on any atom is -0.330 e. The van der Waals surface area contributed by atoms with Gasteiger partial charge in [-0.1, -0.05) is 36.2 Å². The van der Waals surface area contributed by atoms with Crippen LogP contribution in [-0.4, -0.2) is 49.1 Å². The lowest BCUT2D eigenvalue weighted by molar-refractivity contribution is 0.125. The second kappa shape index (κ2) is 8.40. The van der Waals surface area contributed by atoms with Gasteiger partial charge in [0, 0.05) is 32.7 Å². The van der Waals surface area contributed by atoms with Crippen LogP contribution < -0.4 is 5.73 Å². The fourth-order valence-electron chi connectivity index (χ4n) is 2.78. The van der Waals surface area contributed by atoms with E-state index >= 15 is 0 Å². The van der Waals surface area contributed by atoms with E-state index in [0.717, 1.165) is 13.1 Å². The molecule has 0 aliphatic carbocycles. The summed E-state index contributed by atoms with van der Waals surface area (Å²) in [5.41, 5.74) is 8.31. The molecule has 0 radical (unpaired) electrons. The minimum absolute atomic E-state index is 0.838. The van der Waals surface area contributed by atoms with Crippen LogP contribution in [-0.2, 0) is 6.54 Å². The Morgan fingerprint density at radius 3 is 2.20 bits per heavy atom. The van der Waals surface area contributed by atoms with Gasteiger partial charge in [-0.2, -0.15) is 0 Å². The van der Waals surface area contributed by atoms with Crippen LogP contribution in [0.3, 0.4) is 0 Å². The molecule has 0 amide bonds. The average molecular weight is 275 g/mol. The highest BCUT2D eigenvalue weighted by Gasteiger charge is 2.16. The van der Waals surface area contributed by atoms with Crippen molar-refractivity contribution in [3.05, 3.63) is 35.4 Å². The lowest BCUT2D eigenvalue weighted by Crippen LogP contribution is -2.46. The van der Waals surface area contributed by atoms with Crippen molar-refractivity contribution in [3.8, 4) is 0 Å². The zero-order valence-electron chi connectivity index (χ0n) is 12.9. The van der Waals surface area contributed by atoms with Crippen molar-refractivity contribution in [2.24, 2.45) is 5.73 Å². The summed E-state index contributed by atoms with van der Waals surface area (Å²) in [5.74, 6) is 0. The zero-order valence-corrected chi connectivity index (χ0v) is 12.9. The van der Waals surface area contributed by atoms with E-state index in [1.165, 1.54) is 63.1 Å². The first-order valence-electron chi connectivity index (χ1n) is 7.98. The quantitative estimate of drug-likeness (QED) is 0.775. The van der Waals surface area contributed by atoms with Crippen LogP contribution in [0, 0.1) is 6.92 Å². The van der Waals surface area contributed by atoms with Crippen LogP contribution in [0.5, 0.6) is 0 Å². The number of hydrogen-bond donors (Lipinski definition) is 1. The summed E-state index contributed by atoms with van der Waals surface area (Å²) in [4.78, 5) is 5.17. The molecule has 1 aromatic rings. The molecule has 1 aliphatic rings. The van der Waals surface area contributed by atoms with Gasteiger partial charge in [0.15, 0.2) is 0 Å². The Bertz CT molecular complexity index is 366. The molecular weight excluding hydrogens is 246 g/mol. The van der Waals surface area contributed by atoms with Crippen LogP contribution >= 0.6 is 0 Å². The van der Waals surface area contributed by atoms with E-state index in [1.54, 1.807) is 0 Å². The van der Waals surface area contributed by atoms with Gasteiger partial charge in [-0.25, -0.2) is 0 Å². The third kappa shape index (κ3) is 5.23. The van der Waals surface area contributed by atoms with Crippen LogP contribution in [0.1, 0.15) is 30.4 Å². The summed E-state index contributed by atoms with van der Waals surface area (Å²) < 4.78 is 0. The fourth-order valence-corrected chi connectivity index (χ4v) is 2.78. The lowest BCUT2D eigenvalue weighted by atomic mass is 10.1. The zero-order chi connectivity index (χ0) is 14.2. The van der Waals surface area contributed by atoms with Crippen molar-refractivity contribution in [1.82, 2.24) is 9.80 Å². The van der Waals surface area contributed by atoms with Gasteiger partial charge in [0.1, 0.15) is 0 Å². The molecular formula is C17H29N3. The van der Waals surface area contributed by atoms with E-state index in [-0.39, 0.29) is 0 Å². The smallest absolute Gasteiger partial charge is 0.0234 e. The van der Waals surface area contributed by atoms with E-state index < -0.39 is 0 Å². The number of piperazine rings is 1. The monoisotopic (exact) mass is 275 g/mol. The second-order valence-electron chi connectivity index (χ2n) is 5.95. The summed E-state index contributed by atoms with van der Waals surface area (Å²) in [6, 6.07) is 8.94. The largest absolute Gasteiger partial charge is 0.330 e. The molecule has 20 heavy (non-hydrogen) atoms. The van der Waals surface area contributed by atoms with Gasteiger partial charge in [-0.05, 0) is 38.4 Å². The number of hydrogen-bond acceptors (Lipinski definition) is 3. The molecule has 0 atom stereocenters. The highest BCUT2D eigenvalue weighted by atomic mass is 15.3. The normalized spacial score (nSPS) is 17.5. The molecule has 0 saturated carbocycles. The summed E-state index contributed by atoms with van der Waals surface area (Å²) >= 11 is 0. The summed E-state index contributed by atoms with van der Waals surface area (Å²) in [6.45, 7) is 10.2. The second-order valence-corrected chi connectivity index (χ2v) is 5.95. The first-order chi connectivity index (χ1) is 9.78. The van der Waals surface area contributed by atoms with Crippen molar-refractivity contribution in [2.75, 3.05) is 39.3 Å². The highest BCUT2D eigenvalue weighted by molar-refractivity contribution is 5.21. The molecule has 1 aliphatic heterocycles. The van der Waals surface area contributed by atoms with Crippen molar-refractivity contribution in [1.29, 1.82) is 0 Å². The molecule has 2 N–H and O–H groups in total. The Morgan fingerprint density at radius 1 is 0.900 bits per heavy atom. The van der Waals surface area contributed by atoms with Crippen molar-refractivity contribution < 1.29 is 0 Å². The van der Waals surface area contributed by atoms with Gasteiger partial charge in [0.25, 0.3) is 0 Å². The molecule has 3 nitrogen and oxygen atoms in total. The molecule has 1 saturated heterocycles. The van der Waals surface area contributed by atoms with E-state index in [2.05, 4.69) is 41.0 Å². The van der Waals surface area contributed by atoms with E-state index in [9.17, 15) is 0 Å². The third-order valence-electron chi connectivity index (χ3n) is 4.17. The summed E-state index contributed by atoms with van der Waals surface area (Å²) in [5, 5.41) is 0. The molecule has 1 aromatic carbocycles. The molecule has 0 unspecified atom stereocenters. The molecule has 1 heterocycles. The van der Waals surface area contributed by atoms with Gasteiger partial charge in [0.2, 0.25) is 0 Å². The first-order valence-corrected chi connectivity index (χ1v) is 7.98. The molecule has 2 rings (SSSR count). The van der Waals surface area contributed by atoms with Gasteiger partial charge >= 0.3 is 0 Å². The van der Waals surface area contributed by atoms with Crippen LogP contribution in [0.15, 0.2) is 24.3 Å². The SMILES string of the molecule is Cc1ccc(CN2CCN(CCCCCN)CC2)cc1. The minimum atomic E-state index is 0.838. The maximum absolute atomic E-state index is 5.53. The Morgan fingerprint density at radius 2 is 1.55 bits per heavy atom. The Kier molecular flexibility index (Phi) is 6.51. The number of aryl methyl sites for hydroxylation is 1. The van der Waals surface area contributed by atoms with Crippen molar-refractivity contribution in [3.63, 3.8) is 0 Å². The summed E-state index contributed by atoms with van der Waals surface area (Å²) in [6.07, 6.45) is 3.75. The Hall–Kier alpha value is -0.900. The summed E-state index contributed by atoms with van der Waals surface area (Å²) in [7, 11) is 0. The average Bonchev–Trinajstić information content (AvgIpc) is 2.48. The predicted octanol–water partition coefficient (Wildman–Crippen LogP) is 2.24. The van der Waals surface area contributed by atoms with Crippen LogP contribution in [0.2, 0.25) is 0 Å². The molecule has 112 valence electrons. The van der Waals surface area contributed by atoms with E-state index in [0.29, 0.717) is 0 Å². The van der Waals surface area contributed by atoms with E-state index in [4.69, 9.17) is 5.73 Å². The number of nitrogens with zero attached hydrogens (tertiary/aromatic N) is 2. The fraction of sp³-hybridized carbons (Fsp3) is 0.647. The molecule has 1 fully saturated rings. The van der Waals surface area contributed by atoms with Gasteiger partial charge in [0.05, 0.1) is 0 Å². The first kappa shape index (κ1) is 15.5. The number of rotatable bonds is 7. The van der Waals surface area contributed by atoms with Gasteiger partial charge < -0.3 is 10.6 Å². The number of unbranched alkanes of at least 4 members (excludes halogenated alkanes) is 2. The Labute approximate surface area is 123 Å². The maximum Gasteiger partial charge on any atom is 0.0234 e. The van der Waals surface area contributed by atoms with Crippen LogP contribution in [0.25, 0.3) is 0 Å². The predicted molar refractivity (Wildman–Crippen MR) is 85.8 cm³/mol. The lowest BCUT2D eigenvalue weighted by Gasteiger charge is -2.34. The molecule has 3 heteroatoms. The van der Waals surface area contributed by atoms with Crippen LogP contribution in [0.4, 0.5) is 0 Å². The topological polar surface area (TPSA) is 32.5 Å². The standard InChI is InChI=1S/C17H29N3/c1-16-5-7-17(8-6-16)15-20-13-11-19(12-14-20)10-4-2-3-9-18/h5-8H,2-4,9-15,18H2,1H3. The van der Waals surface area contributed by atoms with Crippen molar-refractivity contribution in [2.45, 2.75) is 32.7 Å². The molecule has 0 aromatic heterocycles. The van der Waals surface area contributed by atoms with Gasteiger partial charge in [-0.3, -0.25) is 4.90 Å². The third-order valence-corrected chi connectivity index (χ3v) is 4.17. The van der Waals surface area contributed by atoms with Gasteiger partial charge in [-0.15, -0.1) is 0 Å². The number of benzene rings is 1.